The lowest BCUT2D eigenvalue weighted by Gasteiger charge is -2.23. The summed E-state index contributed by atoms with van der Waals surface area (Å²) in [6.07, 6.45) is 0.404. The summed E-state index contributed by atoms with van der Waals surface area (Å²) in [5, 5.41) is 4.01. The van der Waals surface area contributed by atoms with Crippen molar-refractivity contribution in [2.45, 2.75) is 25.8 Å². The largest absolute Gasteiger partial charge is 0.449 e. The molecule has 1 aromatic heterocycles. The maximum atomic E-state index is 12.5. The zero-order chi connectivity index (χ0) is 16.1. The lowest BCUT2D eigenvalue weighted by Crippen LogP contribution is -2.47. The van der Waals surface area contributed by atoms with Crippen LogP contribution >= 0.6 is 11.6 Å². The van der Waals surface area contributed by atoms with Crippen LogP contribution in [0.5, 0.6) is 0 Å². The molecule has 2 aromatic rings. The smallest absolute Gasteiger partial charge is 0.287 e. The Bertz CT molecular complexity index is 871. The summed E-state index contributed by atoms with van der Waals surface area (Å²) in [5.41, 5.74) is 0.404. The molecule has 1 N–H and O–H groups in total. The third-order valence-electron chi connectivity index (χ3n) is 4.04. The number of fused-ring (bicyclic) bond motifs is 1. The van der Waals surface area contributed by atoms with Gasteiger partial charge in [-0.15, -0.1) is 0 Å². The quantitative estimate of drug-likeness (QED) is 0.911. The van der Waals surface area contributed by atoms with Gasteiger partial charge in [0.1, 0.15) is 0 Å². The normalized spacial score (nSPS) is 23.8. The second-order valence-corrected chi connectivity index (χ2v) is 8.62. The number of nitrogens with one attached hydrogen (secondary N) is 1. The predicted molar refractivity (Wildman–Crippen MR) is 85.1 cm³/mol. The molecule has 1 amide bonds. The van der Waals surface area contributed by atoms with Crippen LogP contribution in [-0.4, -0.2) is 31.4 Å². The van der Waals surface area contributed by atoms with Crippen LogP contribution in [0.2, 0.25) is 5.02 Å². The molecule has 1 fully saturated rings. The van der Waals surface area contributed by atoms with Crippen LogP contribution in [-0.2, 0) is 9.84 Å². The Morgan fingerprint density at radius 3 is 2.73 bits per heavy atom. The molecule has 0 bridgehead atoms. The van der Waals surface area contributed by atoms with E-state index in [0.717, 1.165) is 5.39 Å². The summed E-state index contributed by atoms with van der Waals surface area (Å²) in [5.74, 6) is -0.196. The number of halogens is 1. The van der Waals surface area contributed by atoms with Crippen LogP contribution in [0.3, 0.4) is 0 Å². The van der Waals surface area contributed by atoms with E-state index in [-0.39, 0.29) is 17.3 Å². The molecule has 118 valence electrons. The molecule has 0 saturated carbocycles. The SMILES string of the molecule is Cc1c(C(=O)N[C@@]2(C)CCS(=O)(=O)C2)oc2c(Cl)cccc12. The maximum Gasteiger partial charge on any atom is 0.287 e. The summed E-state index contributed by atoms with van der Waals surface area (Å²) in [7, 11) is -3.09. The number of para-hydroxylation sites is 1. The van der Waals surface area contributed by atoms with Gasteiger partial charge in [0.2, 0.25) is 0 Å². The van der Waals surface area contributed by atoms with Gasteiger partial charge < -0.3 is 9.73 Å². The van der Waals surface area contributed by atoms with Crippen molar-refractivity contribution in [3.05, 3.63) is 34.5 Å². The third kappa shape index (κ3) is 2.61. The van der Waals surface area contributed by atoms with Crippen molar-refractivity contribution >= 4 is 38.3 Å². The average Bonchev–Trinajstić information content (AvgIpc) is 2.89. The fourth-order valence-electron chi connectivity index (χ4n) is 2.87. The summed E-state index contributed by atoms with van der Waals surface area (Å²) >= 11 is 6.08. The topological polar surface area (TPSA) is 76.4 Å². The Morgan fingerprint density at radius 2 is 2.14 bits per heavy atom. The van der Waals surface area contributed by atoms with Crippen LogP contribution in [0.4, 0.5) is 0 Å². The van der Waals surface area contributed by atoms with Crippen LogP contribution in [0, 0.1) is 6.92 Å². The van der Waals surface area contributed by atoms with Gasteiger partial charge in [0.25, 0.3) is 5.91 Å². The molecule has 1 saturated heterocycles. The zero-order valence-corrected chi connectivity index (χ0v) is 13.8. The number of hydrogen-bond acceptors (Lipinski definition) is 4. The molecule has 0 spiro atoms. The number of benzene rings is 1. The van der Waals surface area contributed by atoms with Gasteiger partial charge in [0, 0.05) is 10.9 Å². The van der Waals surface area contributed by atoms with Gasteiger partial charge in [-0.2, -0.15) is 0 Å². The standard InChI is InChI=1S/C15H16ClNO4S/c1-9-10-4-3-5-11(16)13(10)21-12(9)14(18)17-15(2)6-7-22(19,20)8-15/h3-5H,6-8H2,1-2H3,(H,17,18)/t15-/m0/s1. The summed E-state index contributed by atoms with van der Waals surface area (Å²) in [6, 6.07) is 5.32. The minimum atomic E-state index is -3.09. The van der Waals surface area contributed by atoms with E-state index < -0.39 is 21.3 Å². The molecule has 5 nitrogen and oxygen atoms in total. The number of carbonyl (C=O) groups excluding carboxylic acids is 1. The van der Waals surface area contributed by atoms with E-state index in [0.29, 0.717) is 22.6 Å². The number of aryl methyl sites for hydroxylation is 1. The zero-order valence-electron chi connectivity index (χ0n) is 12.3. The second-order valence-electron chi connectivity index (χ2n) is 6.03. The molecule has 1 atom stereocenters. The van der Waals surface area contributed by atoms with Crippen molar-refractivity contribution in [2.24, 2.45) is 0 Å². The highest BCUT2D eigenvalue weighted by atomic mass is 35.5. The van der Waals surface area contributed by atoms with Gasteiger partial charge in [-0.25, -0.2) is 8.42 Å². The van der Waals surface area contributed by atoms with Gasteiger partial charge in [0.15, 0.2) is 21.2 Å². The molecule has 7 heteroatoms. The highest BCUT2D eigenvalue weighted by molar-refractivity contribution is 7.91. The number of furan rings is 1. The molecule has 1 aliphatic heterocycles. The Morgan fingerprint density at radius 1 is 1.41 bits per heavy atom. The van der Waals surface area contributed by atoms with Crippen LogP contribution in [0.15, 0.2) is 22.6 Å². The van der Waals surface area contributed by atoms with Crippen molar-refractivity contribution in [1.82, 2.24) is 5.32 Å². The summed E-state index contributed by atoms with van der Waals surface area (Å²) in [4.78, 5) is 12.5. The van der Waals surface area contributed by atoms with Gasteiger partial charge in [0.05, 0.1) is 22.1 Å². The van der Waals surface area contributed by atoms with Gasteiger partial charge in [-0.1, -0.05) is 23.7 Å². The average molecular weight is 342 g/mol. The number of sulfone groups is 1. The molecule has 0 radical (unpaired) electrons. The van der Waals surface area contributed by atoms with Crippen LogP contribution in [0.25, 0.3) is 11.0 Å². The second kappa shape index (κ2) is 4.99. The van der Waals surface area contributed by atoms with E-state index in [1.54, 1.807) is 26.0 Å². The highest BCUT2D eigenvalue weighted by Crippen LogP contribution is 2.31. The first-order valence-electron chi connectivity index (χ1n) is 6.91. The van der Waals surface area contributed by atoms with Crippen molar-refractivity contribution in [3.8, 4) is 0 Å². The van der Waals surface area contributed by atoms with Crippen LogP contribution in [0.1, 0.15) is 29.5 Å². The fourth-order valence-corrected chi connectivity index (χ4v) is 5.17. The molecule has 22 heavy (non-hydrogen) atoms. The van der Waals surface area contributed by atoms with Gasteiger partial charge in [-0.05, 0) is 26.3 Å². The minimum Gasteiger partial charge on any atom is -0.449 e. The molecular formula is C15H16ClNO4S. The molecule has 0 aliphatic carbocycles. The monoisotopic (exact) mass is 341 g/mol. The van der Waals surface area contributed by atoms with Crippen molar-refractivity contribution in [3.63, 3.8) is 0 Å². The van der Waals surface area contributed by atoms with E-state index in [1.807, 2.05) is 6.07 Å². The first kappa shape index (κ1) is 15.4. The van der Waals surface area contributed by atoms with E-state index >= 15 is 0 Å². The van der Waals surface area contributed by atoms with Crippen molar-refractivity contribution in [1.29, 1.82) is 0 Å². The van der Waals surface area contributed by atoms with Crippen molar-refractivity contribution in [2.75, 3.05) is 11.5 Å². The lowest BCUT2D eigenvalue weighted by atomic mass is 10.0. The molecule has 1 aliphatic rings. The van der Waals surface area contributed by atoms with Crippen LogP contribution < -0.4 is 5.32 Å². The molecular weight excluding hydrogens is 326 g/mol. The first-order valence-corrected chi connectivity index (χ1v) is 9.11. The number of rotatable bonds is 2. The van der Waals surface area contributed by atoms with E-state index in [1.165, 1.54) is 0 Å². The third-order valence-corrected chi connectivity index (χ3v) is 6.24. The van der Waals surface area contributed by atoms with Gasteiger partial charge >= 0.3 is 0 Å². The maximum absolute atomic E-state index is 12.5. The van der Waals surface area contributed by atoms with E-state index in [4.69, 9.17) is 16.0 Å². The highest BCUT2D eigenvalue weighted by Gasteiger charge is 2.40. The molecule has 2 heterocycles. The fraction of sp³-hybridized carbons (Fsp3) is 0.400. The Kier molecular flexibility index (Phi) is 3.49. The van der Waals surface area contributed by atoms with E-state index in [9.17, 15) is 13.2 Å². The van der Waals surface area contributed by atoms with E-state index in [2.05, 4.69) is 5.32 Å². The number of hydrogen-bond donors (Lipinski definition) is 1. The van der Waals surface area contributed by atoms with Crippen molar-refractivity contribution < 1.29 is 17.6 Å². The molecule has 1 aromatic carbocycles. The first-order chi connectivity index (χ1) is 10.2. The van der Waals surface area contributed by atoms with Gasteiger partial charge in [-0.3, -0.25) is 4.79 Å². The number of carbonyl (C=O) groups is 1. The molecule has 0 unspecified atom stereocenters. The lowest BCUT2D eigenvalue weighted by molar-refractivity contribution is 0.0888. The summed E-state index contributed by atoms with van der Waals surface area (Å²) < 4.78 is 28.9. The number of amides is 1. The predicted octanol–water partition coefficient (Wildman–Crippen LogP) is 2.70. The molecule has 3 rings (SSSR count). The Hall–Kier alpha value is -1.53. The summed E-state index contributed by atoms with van der Waals surface area (Å²) in [6.45, 7) is 3.52. The minimum absolute atomic E-state index is 0.0498. The Labute approximate surface area is 133 Å². The Balaban J connectivity index is 1.93.